The van der Waals surface area contributed by atoms with Gasteiger partial charge < -0.3 is 4.98 Å². The van der Waals surface area contributed by atoms with Gasteiger partial charge in [-0.25, -0.2) is 4.98 Å². The maximum atomic E-state index is 6.07. The van der Waals surface area contributed by atoms with Crippen LogP contribution in [0.2, 0.25) is 5.02 Å². The van der Waals surface area contributed by atoms with Gasteiger partial charge in [-0.2, -0.15) is 0 Å². The lowest BCUT2D eigenvalue weighted by Crippen LogP contribution is -1.84. The summed E-state index contributed by atoms with van der Waals surface area (Å²) in [5, 5.41) is 0.641. The van der Waals surface area contributed by atoms with Gasteiger partial charge in [0.15, 0.2) is 5.82 Å². The first kappa shape index (κ1) is 10.7. The predicted octanol–water partition coefficient (Wildman–Crippen LogP) is 4.04. The van der Waals surface area contributed by atoms with E-state index >= 15 is 0 Å². The Hall–Kier alpha value is -1.39. The van der Waals surface area contributed by atoms with Crippen LogP contribution < -0.4 is 0 Å². The molecule has 3 rings (SSSR count). The fourth-order valence-corrected chi connectivity index (χ4v) is 2.09. The van der Waals surface area contributed by atoms with Gasteiger partial charge in [0, 0.05) is 10.7 Å². The molecule has 0 saturated carbocycles. The van der Waals surface area contributed by atoms with Crippen LogP contribution in [0, 0.1) is 0 Å². The van der Waals surface area contributed by atoms with E-state index in [4.69, 9.17) is 11.6 Å². The second kappa shape index (κ2) is 4.13. The standard InChI is InChI=1S/C12H7BrClN3/c13-7-4-5-10(15-6-7)12-16-9-3-1-2-8(14)11(9)17-12/h1-6H,(H,16,17). The number of hydrogen-bond acceptors (Lipinski definition) is 2. The highest BCUT2D eigenvalue weighted by atomic mass is 79.9. The Morgan fingerprint density at radius 2 is 2.06 bits per heavy atom. The van der Waals surface area contributed by atoms with Crippen LogP contribution >= 0.6 is 27.5 Å². The molecule has 0 bridgehead atoms. The largest absolute Gasteiger partial charge is 0.337 e. The van der Waals surface area contributed by atoms with Gasteiger partial charge in [-0.05, 0) is 40.2 Å². The van der Waals surface area contributed by atoms with Gasteiger partial charge >= 0.3 is 0 Å². The van der Waals surface area contributed by atoms with Gasteiger partial charge in [0.25, 0.3) is 0 Å². The van der Waals surface area contributed by atoms with Gasteiger partial charge in [-0.15, -0.1) is 0 Å². The zero-order valence-electron chi connectivity index (χ0n) is 8.61. The van der Waals surface area contributed by atoms with E-state index in [1.54, 1.807) is 6.20 Å². The molecule has 3 nitrogen and oxygen atoms in total. The number of nitrogens with zero attached hydrogens (tertiary/aromatic N) is 2. The topological polar surface area (TPSA) is 41.6 Å². The molecule has 2 heterocycles. The monoisotopic (exact) mass is 307 g/mol. The number of benzene rings is 1. The van der Waals surface area contributed by atoms with Crippen LogP contribution in [-0.2, 0) is 0 Å². The number of rotatable bonds is 1. The first-order chi connectivity index (χ1) is 8.24. The number of pyridine rings is 1. The summed E-state index contributed by atoms with van der Waals surface area (Å²) in [6.45, 7) is 0. The van der Waals surface area contributed by atoms with Gasteiger partial charge in [-0.1, -0.05) is 17.7 Å². The molecule has 0 amide bonds. The molecule has 0 aliphatic carbocycles. The van der Waals surface area contributed by atoms with E-state index in [0.29, 0.717) is 5.02 Å². The molecule has 0 aliphatic rings. The first-order valence-corrected chi connectivity index (χ1v) is 6.17. The second-order valence-corrected chi connectivity index (χ2v) is 4.91. The van der Waals surface area contributed by atoms with Crippen LogP contribution in [0.3, 0.4) is 0 Å². The predicted molar refractivity (Wildman–Crippen MR) is 72.0 cm³/mol. The first-order valence-electron chi connectivity index (χ1n) is 5.00. The Morgan fingerprint density at radius 1 is 1.18 bits per heavy atom. The van der Waals surface area contributed by atoms with E-state index in [1.165, 1.54) is 0 Å². The van der Waals surface area contributed by atoms with Crippen molar-refractivity contribution < 1.29 is 0 Å². The SMILES string of the molecule is Clc1cccc2[nH]c(-c3ccc(Br)cn3)nc12. The Morgan fingerprint density at radius 3 is 2.76 bits per heavy atom. The van der Waals surface area contributed by atoms with Crippen LogP contribution in [-0.4, -0.2) is 15.0 Å². The van der Waals surface area contributed by atoms with Crippen molar-refractivity contribution >= 4 is 38.6 Å². The minimum absolute atomic E-state index is 0.641. The van der Waals surface area contributed by atoms with Crippen molar-refractivity contribution in [1.82, 2.24) is 15.0 Å². The van der Waals surface area contributed by atoms with Gasteiger partial charge in [0.05, 0.1) is 10.5 Å². The zero-order valence-corrected chi connectivity index (χ0v) is 11.0. The van der Waals surface area contributed by atoms with Gasteiger partial charge in [-0.3, -0.25) is 4.98 Å². The molecular formula is C12H7BrClN3. The molecule has 2 aromatic heterocycles. The molecule has 5 heteroatoms. The maximum Gasteiger partial charge on any atom is 0.157 e. The van der Waals surface area contributed by atoms with Crippen molar-refractivity contribution in [2.24, 2.45) is 0 Å². The smallest absolute Gasteiger partial charge is 0.157 e. The minimum Gasteiger partial charge on any atom is -0.337 e. The lowest BCUT2D eigenvalue weighted by Gasteiger charge is -1.94. The average Bonchev–Trinajstić information content (AvgIpc) is 2.75. The summed E-state index contributed by atoms with van der Waals surface area (Å²) in [6, 6.07) is 9.48. The molecule has 0 radical (unpaired) electrons. The lowest BCUT2D eigenvalue weighted by molar-refractivity contribution is 1.23. The second-order valence-electron chi connectivity index (χ2n) is 3.58. The van der Waals surface area contributed by atoms with Gasteiger partial charge in [0.2, 0.25) is 0 Å². The lowest BCUT2D eigenvalue weighted by atomic mass is 10.3. The highest BCUT2D eigenvalue weighted by molar-refractivity contribution is 9.10. The fourth-order valence-electron chi connectivity index (χ4n) is 1.63. The zero-order chi connectivity index (χ0) is 11.8. The van der Waals surface area contributed by atoms with Crippen molar-refractivity contribution in [2.75, 3.05) is 0 Å². The third-order valence-corrected chi connectivity index (χ3v) is 3.21. The van der Waals surface area contributed by atoms with E-state index in [-0.39, 0.29) is 0 Å². The Bertz CT molecular complexity index is 676. The molecule has 1 aromatic carbocycles. The third kappa shape index (κ3) is 1.94. The molecule has 0 unspecified atom stereocenters. The number of hydrogen-bond donors (Lipinski definition) is 1. The number of para-hydroxylation sites is 1. The molecule has 84 valence electrons. The summed E-state index contributed by atoms with van der Waals surface area (Å²) in [6.07, 6.45) is 1.74. The molecule has 0 aliphatic heterocycles. The normalized spacial score (nSPS) is 10.9. The maximum absolute atomic E-state index is 6.07. The molecule has 0 saturated heterocycles. The highest BCUT2D eigenvalue weighted by Crippen LogP contribution is 2.24. The number of aromatic amines is 1. The summed E-state index contributed by atoms with van der Waals surface area (Å²) in [5.41, 5.74) is 2.48. The minimum atomic E-state index is 0.641. The van der Waals surface area contributed by atoms with E-state index in [9.17, 15) is 0 Å². The van der Waals surface area contributed by atoms with Crippen molar-refractivity contribution in [2.45, 2.75) is 0 Å². The van der Waals surface area contributed by atoms with E-state index < -0.39 is 0 Å². The Labute approximate surface area is 111 Å². The summed E-state index contributed by atoms with van der Waals surface area (Å²) < 4.78 is 0.940. The van der Waals surface area contributed by atoms with Crippen LogP contribution in [0.4, 0.5) is 0 Å². The van der Waals surface area contributed by atoms with Crippen molar-refractivity contribution in [3.05, 3.63) is 46.0 Å². The molecular weight excluding hydrogens is 302 g/mol. The Balaban J connectivity index is 2.18. The van der Waals surface area contributed by atoms with Crippen molar-refractivity contribution in [3.8, 4) is 11.5 Å². The molecule has 0 spiro atoms. The Kier molecular flexibility index (Phi) is 2.61. The van der Waals surface area contributed by atoms with E-state index in [2.05, 4.69) is 30.9 Å². The molecule has 1 N–H and O–H groups in total. The number of imidazole rings is 1. The number of fused-ring (bicyclic) bond motifs is 1. The van der Waals surface area contributed by atoms with Crippen molar-refractivity contribution in [3.63, 3.8) is 0 Å². The summed E-state index contributed by atoms with van der Waals surface area (Å²) >= 11 is 9.42. The average molecular weight is 309 g/mol. The van der Waals surface area contributed by atoms with E-state index in [0.717, 1.165) is 27.0 Å². The van der Waals surface area contributed by atoms with Crippen LogP contribution in [0.15, 0.2) is 41.0 Å². The highest BCUT2D eigenvalue weighted by Gasteiger charge is 2.08. The third-order valence-electron chi connectivity index (χ3n) is 2.43. The number of aromatic nitrogens is 3. The summed E-state index contributed by atoms with van der Waals surface area (Å²) in [4.78, 5) is 11.9. The van der Waals surface area contributed by atoms with E-state index in [1.807, 2.05) is 30.3 Å². The molecule has 17 heavy (non-hydrogen) atoms. The quantitative estimate of drug-likeness (QED) is 0.737. The number of halogens is 2. The number of nitrogens with one attached hydrogen (secondary N) is 1. The summed E-state index contributed by atoms with van der Waals surface area (Å²) in [5.74, 6) is 0.723. The molecule has 3 aromatic rings. The van der Waals surface area contributed by atoms with Crippen LogP contribution in [0.1, 0.15) is 0 Å². The van der Waals surface area contributed by atoms with Crippen molar-refractivity contribution in [1.29, 1.82) is 0 Å². The molecule has 0 fully saturated rings. The van der Waals surface area contributed by atoms with Crippen LogP contribution in [0.25, 0.3) is 22.6 Å². The number of H-pyrrole nitrogens is 1. The molecule has 0 atom stereocenters. The summed E-state index contributed by atoms with van der Waals surface area (Å²) in [7, 11) is 0. The fraction of sp³-hybridized carbons (Fsp3) is 0. The van der Waals surface area contributed by atoms with Gasteiger partial charge in [0.1, 0.15) is 11.2 Å². The van der Waals surface area contributed by atoms with Crippen LogP contribution in [0.5, 0.6) is 0 Å².